The van der Waals surface area contributed by atoms with Crippen LogP contribution in [0.5, 0.6) is 11.5 Å². The molecule has 0 bridgehead atoms. The maximum atomic E-state index is 8.81. The summed E-state index contributed by atoms with van der Waals surface area (Å²) in [6.45, 7) is 0.318. The number of fused-ring (bicyclic) bond motifs is 3. The summed E-state index contributed by atoms with van der Waals surface area (Å²) in [5.41, 5.74) is 2.18. The van der Waals surface area contributed by atoms with Gasteiger partial charge >= 0.3 is 0 Å². The van der Waals surface area contributed by atoms with Gasteiger partial charge in [0.1, 0.15) is 24.2 Å². The zero-order chi connectivity index (χ0) is 16.4. The maximum absolute atomic E-state index is 8.81. The lowest BCUT2D eigenvalue weighted by atomic mass is 10.00. The number of benzene rings is 3. The van der Waals surface area contributed by atoms with Crippen molar-refractivity contribution in [2.75, 3.05) is 13.2 Å². The van der Waals surface area contributed by atoms with Crippen LogP contribution >= 0.6 is 0 Å². The van der Waals surface area contributed by atoms with Gasteiger partial charge in [-0.2, -0.15) is 0 Å². The summed E-state index contributed by atoms with van der Waals surface area (Å²) in [7, 11) is 0. The third-order valence-corrected chi connectivity index (χ3v) is 4.17. The topological polar surface area (TPSA) is 38.7 Å². The molecule has 120 valence electrons. The number of ether oxygens (including phenoxy) is 2. The van der Waals surface area contributed by atoms with E-state index < -0.39 is 0 Å². The fourth-order valence-corrected chi connectivity index (χ4v) is 2.98. The Morgan fingerprint density at radius 3 is 2.62 bits per heavy atom. The van der Waals surface area contributed by atoms with Gasteiger partial charge in [-0.1, -0.05) is 54.6 Å². The molecule has 1 aliphatic heterocycles. The zero-order valence-corrected chi connectivity index (χ0v) is 13.2. The van der Waals surface area contributed by atoms with Crippen LogP contribution in [0.3, 0.4) is 0 Å². The van der Waals surface area contributed by atoms with Crippen LogP contribution in [0.2, 0.25) is 0 Å². The van der Waals surface area contributed by atoms with E-state index in [0.717, 1.165) is 28.0 Å². The van der Waals surface area contributed by atoms with Crippen molar-refractivity contribution in [2.45, 2.75) is 6.10 Å². The van der Waals surface area contributed by atoms with Gasteiger partial charge in [0.05, 0.1) is 6.61 Å². The van der Waals surface area contributed by atoms with Crippen molar-refractivity contribution in [3.63, 3.8) is 0 Å². The molecular formula is C21H18O3. The monoisotopic (exact) mass is 318 g/mol. The van der Waals surface area contributed by atoms with E-state index in [1.807, 2.05) is 36.4 Å². The van der Waals surface area contributed by atoms with Crippen molar-refractivity contribution >= 4 is 16.8 Å². The van der Waals surface area contributed by atoms with E-state index in [4.69, 9.17) is 14.6 Å². The Bertz CT molecular complexity index is 881. The molecule has 0 aromatic heterocycles. The Labute approximate surface area is 140 Å². The van der Waals surface area contributed by atoms with Crippen LogP contribution in [0.4, 0.5) is 0 Å². The molecule has 1 atom stereocenters. The van der Waals surface area contributed by atoms with E-state index >= 15 is 0 Å². The Kier molecular flexibility index (Phi) is 3.93. The van der Waals surface area contributed by atoms with Gasteiger partial charge in [-0.25, -0.2) is 0 Å². The molecule has 0 aliphatic carbocycles. The average molecular weight is 318 g/mol. The largest absolute Gasteiger partial charge is 0.491 e. The second-order valence-corrected chi connectivity index (χ2v) is 5.74. The van der Waals surface area contributed by atoms with Gasteiger partial charge in [0.15, 0.2) is 0 Å². The summed E-state index contributed by atoms with van der Waals surface area (Å²) in [5, 5.41) is 11.1. The maximum Gasteiger partial charge on any atom is 0.142 e. The molecule has 0 saturated carbocycles. The fraction of sp³-hybridized carbons (Fsp3) is 0.143. The molecular weight excluding hydrogens is 300 g/mol. The van der Waals surface area contributed by atoms with Crippen LogP contribution in [0, 0.1) is 0 Å². The fourth-order valence-electron chi connectivity index (χ4n) is 2.98. The Morgan fingerprint density at radius 1 is 0.958 bits per heavy atom. The predicted octanol–water partition coefficient (Wildman–Crippen LogP) is 4.36. The van der Waals surface area contributed by atoms with E-state index in [-0.39, 0.29) is 12.7 Å². The van der Waals surface area contributed by atoms with Crippen LogP contribution in [0.1, 0.15) is 17.2 Å². The number of hydrogen-bond acceptors (Lipinski definition) is 3. The minimum absolute atomic E-state index is 0.0140. The third-order valence-electron chi connectivity index (χ3n) is 4.17. The molecule has 0 amide bonds. The van der Waals surface area contributed by atoms with Gasteiger partial charge in [0, 0.05) is 10.9 Å². The molecule has 4 rings (SSSR count). The highest BCUT2D eigenvalue weighted by Crippen LogP contribution is 2.38. The minimum Gasteiger partial charge on any atom is -0.491 e. The molecule has 1 aliphatic rings. The molecule has 1 heterocycles. The van der Waals surface area contributed by atoms with Crippen LogP contribution in [0.25, 0.3) is 16.8 Å². The number of rotatable bonds is 4. The molecule has 0 radical (unpaired) electrons. The third kappa shape index (κ3) is 2.74. The van der Waals surface area contributed by atoms with Gasteiger partial charge in [-0.3, -0.25) is 0 Å². The lowest BCUT2D eigenvalue weighted by Crippen LogP contribution is -2.09. The zero-order valence-electron chi connectivity index (χ0n) is 13.2. The van der Waals surface area contributed by atoms with E-state index in [1.54, 1.807) is 0 Å². The smallest absolute Gasteiger partial charge is 0.142 e. The molecule has 0 spiro atoms. The van der Waals surface area contributed by atoms with Crippen molar-refractivity contribution < 1.29 is 14.6 Å². The highest BCUT2D eigenvalue weighted by Gasteiger charge is 2.18. The van der Waals surface area contributed by atoms with E-state index in [0.29, 0.717) is 6.61 Å². The molecule has 3 aromatic rings. The van der Waals surface area contributed by atoms with Crippen molar-refractivity contribution in [1.29, 1.82) is 0 Å². The van der Waals surface area contributed by atoms with Crippen molar-refractivity contribution in [3.05, 3.63) is 77.9 Å². The van der Waals surface area contributed by atoms with Gasteiger partial charge < -0.3 is 14.6 Å². The number of aliphatic hydroxyl groups excluding tert-OH is 1. The van der Waals surface area contributed by atoms with Gasteiger partial charge in [-0.05, 0) is 29.2 Å². The number of aliphatic hydroxyl groups is 1. The Hall–Kier alpha value is -2.78. The molecule has 1 unspecified atom stereocenters. The molecule has 0 saturated heterocycles. The second-order valence-electron chi connectivity index (χ2n) is 5.74. The summed E-state index contributed by atoms with van der Waals surface area (Å²) in [6, 6.07) is 20.3. The summed E-state index contributed by atoms with van der Waals surface area (Å²) in [5.74, 6) is 1.68. The second kappa shape index (κ2) is 6.38. The SMILES string of the molecule is OCCOc1ccc(C2C=Cc3ccc4ccccc4c3O2)cc1. The summed E-state index contributed by atoms with van der Waals surface area (Å²) < 4.78 is 11.7. The van der Waals surface area contributed by atoms with Crippen LogP contribution in [-0.4, -0.2) is 18.3 Å². The molecule has 0 fully saturated rings. The first-order valence-electron chi connectivity index (χ1n) is 8.05. The first kappa shape index (κ1) is 14.8. The predicted molar refractivity (Wildman–Crippen MR) is 95.4 cm³/mol. The van der Waals surface area contributed by atoms with Crippen molar-refractivity contribution in [3.8, 4) is 11.5 Å². The van der Waals surface area contributed by atoms with Crippen LogP contribution < -0.4 is 9.47 Å². The van der Waals surface area contributed by atoms with Gasteiger partial charge in [0.2, 0.25) is 0 Å². The standard InChI is InChI=1S/C21H18O3/c22-13-14-23-18-10-7-16(8-11-18)20-12-9-17-6-5-15-3-1-2-4-19(15)21(17)24-20/h1-12,20,22H,13-14H2. The first-order valence-corrected chi connectivity index (χ1v) is 8.05. The quantitative estimate of drug-likeness (QED) is 0.777. The molecule has 1 N–H and O–H groups in total. The minimum atomic E-state index is -0.116. The Balaban J connectivity index is 1.63. The lowest BCUT2D eigenvalue weighted by molar-refractivity contribution is 0.201. The average Bonchev–Trinajstić information content (AvgIpc) is 2.66. The van der Waals surface area contributed by atoms with Crippen LogP contribution in [0.15, 0.2) is 66.7 Å². The summed E-state index contributed by atoms with van der Waals surface area (Å²) >= 11 is 0. The van der Waals surface area contributed by atoms with E-state index in [2.05, 4.69) is 36.4 Å². The van der Waals surface area contributed by atoms with Crippen molar-refractivity contribution in [1.82, 2.24) is 0 Å². The molecule has 24 heavy (non-hydrogen) atoms. The van der Waals surface area contributed by atoms with Crippen LogP contribution in [-0.2, 0) is 0 Å². The molecule has 3 heteroatoms. The van der Waals surface area contributed by atoms with Gasteiger partial charge in [-0.15, -0.1) is 0 Å². The van der Waals surface area contributed by atoms with Crippen molar-refractivity contribution in [2.24, 2.45) is 0 Å². The number of hydrogen-bond donors (Lipinski definition) is 1. The molecule has 3 nitrogen and oxygen atoms in total. The Morgan fingerprint density at radius 2 is 1.79 bits per heavy atom. The highest BCUT2D eigenvalue weighted by molar-refractivity contribution is 5.92. The van der Waals surface area contributed by atoms with E-state index in [9.17, 15) is 0 Å². The summed E-state index contributed by atoms with van der Waals surface area (Å²) in [6.07, 6.45) is 4.07. The van der Waals surface area contributed by atoms with Gasteiger partial charge in [0.25, 0.3) is 0 Å². The highest BCUT2D eigenvalue weighted by atomic mass is 16.5. The normalized spacial score (nSPS) is 15.8. The lowest BCUT2D eigenvalue weighted by Gasteiger charge is -2.23. The van der Waals surface area contributed by atoms with E-state index in [1.165, 1.54) is 5.39 Å². The molecule has 3 aromatic carbocycles. The first-order chi connectivity index (χ1) is 11.8. The summed E-state index contributed by atoms with van der Waals surface area (Å²) in [4.78, 5) is 0.